The lowest BCUT2D eigenvalue weighted by Crippen LogP contribution is -2.39. The van der Waals surface area contributed by atoms with Gasteiger partial charge in [-0.15, -0.1) is 0 Å². The smallest absolute Gasteiger partial charge is 0.410 e. The summed E-state index contributed by atoms with van der Waals surface area (Å²) in [6, 6.07) is 12.2. The van der Waals surface area contributed by atoms with E-state index in [-0.39, 0.29) is 18.2 Å². The maximum Gasteiger partial charge on any atom is 0.410 e. The lowest BCUT2D eigenvalue weighted by Gasteiger charge is -2.22. The largest absolute Gasteiger partial charge is 0.497 e. The van der Waals surface area contributed by atoms with Crippen LogP contribution in [-0.4, -0.2) is 59.8 Å². The fraction of sp³-hybridized carbons (Fsp3) is 0.400. The average molecular weight is 353 g/mol. The lowest BCUT2D eigenvalue weighted by atomic mass is 10.1. The van der Waals surface area contributed by atoms with Crippen LogP contribution in [0.2, 0.25) is 0 Å². The van der Waals surface area contributed by atoms with Crippen LogP contribution < -0.4 is 4.74 Å². The van der Waals surface area contributed by atoms with Crippen molar-refractivity contribution in [3.8, 4) is 5.75 Å². The zero-order valence-corrected chi connectivity index (χ0v) is 14.9. The second-order valence-corrected chi connectivity index (χ2v) is 6.83. The first-order chi connectivity index (χ1) is 12.7. The summed E-state index contributed by atoms with van der Waals surface area (Å²) in [4.78, 5) is 20.5. The molecular weight excluding hydrogens is 330 g/mol. The molecule has 4 rings (SSSR count). The van der Waals surface area contributed by atoms with Gasteiger partial charge >= 0.3 is 6.09 Å². The zero-order chi connectivity index (χ0) is 17.9. The highest BCUT2D eigenvalue weighted by Crippen LogP contribution is 2.28. The van der Waals surface area contributed by atoms with Crippen LogP contribution >= 0.6 is 0 Å². The van der Waals surface area contributed by atoms with Crippen molar-refractivity contribution in [2.75, 3.05) is 26.7 Å². The summed E-state index contributed by atoms with van der Waals surface area (Å²) in [5, 5.41) is 0. The van der Waals surface area contributed by atoms with Crippen molar-refractivity contribution in [3.63, 3.8) is 0 Å². The van der Waals surface area contributed by atoms with Crippen molar-refractivity contribution in [1.82, 2.24) is 14.8 Å². The van der Waals surface area contributed by atoms with Crippen molar-refractivity contribution in [1.29, 1.82) is 0 Å². The monoisotopic (exact) mass is 353 g/mol. The number of carbonyl (C=O) groups is 1. The van der Waals surface area contributed by atoms with Gasteiger partial charge in [0.05, 0.1) is 13.2 Å². The molecule has 0 bridgehead atoms. The normalized spacial score (nSPS) is 22.3. The Labute approximate surface area is 153 Å². The predicted molar refractivity (Wildman–Crippen MR) is 97.0 cm³/mol. The Balaban J connectivity index is 1.35. The van der Waals surface area contributed by atoms with Crippen molar-refractivity contribution >= 4 is 6.09 Å². The van der Waals surface area contributed by atoms with Crippen LogP contribution in [0.3, 0.4) is 0 Å². The van der Waals surface area contributed by atoms with E-state index in [1.54, 1.807) is 7.11 Å². The number of hydrogen-bond acceptors (Lipinski definition) is 5. The summed E-state index contributed by atoms with van der Waals surface area (Å²) in [5.74, 6) is 0.844. The molecule has 0 aliphatic carbocycles. The number of fused-ring (bicyclic) bond motifs is 1. The van der Waals surface area contributed by atoms with Gasteiger partial charge in [0.2, 0.25) is 0 Å². The second-order valence-electron chi connectivity index (χ2n) is 6.83. The number of hydrogen-bond donors (Lipinski definition) is 0. The van der Waals surface area contributed by atoms with Crippen LogP contribution in [0.1, 0.15) is 11.1 Å². The van der Waals surface area contributed by atoms with E-state index in [4.69, 9.17) is 9.47 Å². The van der Waals surface area contributed by atoms with E-state index in [1.165, 1.54) is 11.1 Å². The molecule has 2 aromatic rings. The highest BCUT2D eigenvalue weighted by molar-refractivity contribution is 5.71. The van der Waals surface area contributed by atoms with E-state index < -0.39 is 0 Å². The first kappa shape index (κ1) is 16.8. The van der Waals surface area contributed by atoms with Crippen LogP contribution in [-0.2, 0) is 17.7 Å². The molecule has 0 saturated carbocycles. The Morgan fingerprint density at radius 3 is 2.62 bits per heavy atom. The Kier molecular flexibility index (Phi) is 4.75. The number of pyridine rings is 1. The molecule has 0 unspecified atom stereocenters. The van der Waals surface area contributed by atoms with Crippen LogP contribution in [0.25, 0.3) is 0 Å². The molecule has 2 saturated heterocycles. The molecule has 2 atom stereocenters. The molecule has 2 aliphatic heterocycles. The third kappa shape index (κ3) is 3.51. The summed E-state index contributed by atoms with van der Waals surface area (Å²) < 4.78 is 10.8. The molecule has 0 N–H and O–H groups in total. The van der Waals surface area contributed by atoms with E-state index in [9.17, 15) is 4.79 Å². The van der Waals surface area contributed by atoms with Crippen LogP contribution in [0.5, 0.6) is 5.75 Å². The minimum absolute atomic E-state index is 0.0276. The molecule has 0 spiro atoms. The molecule has 26 heavy (non-hydrogen) atoms. The molecule has 1 aromatic carbocycles. The van der Waals surface area contributed by atoms with Gasteiger partial charge in [-0.05, 0) is 41.8 Å². The number of aromatic nitrogens is 1. The van der Waals surface area contributed by atoms with Gasteiger partial charge < -0.3 is 9.47 Å². The van der Waals surface area contributed by atoms with E-state index in [2.05, 4.69) is 9.88 Å². The summed E-state index contributed by atoms with van der Waals surface area (Å²) in [7, 11) is 1.66. The lowest BCUT2D eigenvalue weighted by molar-refractivity contribution is 0.120. The minimum Gasteiger partial charge on any atom is -0.497 e. The number of rotatable bonds is 6. The van der Waals surface area contributed by atoms with Crippen molar-refractivity contribution in [2.24, 2.45) is 0 Å². The first-order valence-electron chi connectivity index (χ1n) is 8.94. The maximum atomic E-state index is 12.2. The Hall–Kier alpha value is -2.60. The molecule has 136 valence electrons. The highest BCUT2D eigenvalue weighted by atomic mass is 16.6. The first-order valence-corrected chi connectivity index (χ1v) is 8.94. The van der Waals surface area contributed by atoms with Gasteiger partial charge in [0.15, 0.2) is 0 Å². The highest BCUT2D eigenvalue weighted by Gasteiger charge is 2.47. The van der Waals surface area contributed by atoms with Gasteiger partial charge in [-0.25, -0.2) is 4.79 Å². The van der Waals surface area contributed by atoms with Crippen LogP contribution in [0.4, 0.5) is 4.79 Å². The predicted octanol–water partition coefficient (Wildman–Crippen LogP) is 2.34. The van der Waals surface area contributed by atoms with Gasteiger partial charge in [0.25, 0.3) is 0 Å². The third-order valence-corrected chi connectivity index (χ3v) is 5.16. The molecule has 2 aliphatic rings. The molecule has 3 heterocycles. The average Bonchev–Trinajstić information content (AvgIpc) is 3.17. The summed E-state index contributed by atoms with van der Waals surface area (Å²) in [6.07, 6.45) is 4.23. The summed E-state index contributed by atoms with van der Waals surface area (Å²) >= 11 is 0. The maximum absolute atomic E-state index is 12.2. The fourth-order valence-corrected chi connectivity index (χ4v) is 3.75. The quantitative estimate of drug-likeness (QED) is 0.798. The number of carbonyl (C=O) groups excluding carboxylic acids is 1. The number of methoxy groups -OCH3 is 1. The standard InChI is InChI=1S/C20H23N3O3/c1-25-17-4-2-15(3-5-17)8-11-23-18-13-22(14-19(18)26-20(23)24)12-16-6-9-21-10-7-16/h2-7,9-10,18-19H,8,11-14H2,1H3/t18-,19+/m1/s1. The van der Waals surface area contributed by atoms with Gasteiger partial charge in [0.1, 0.15) is 11.9 Å². The molecule has 1 aromatic heterocycles. The number of nitrogens with zero attached hydrogens (tertiary/aromatic N) is 3. The number of ether oxygens (including phenoxy) is 2. The second kappa shape index (κ2) is 7.33. The van der Waals surface area contributed by atoms with Crippen LogP contribution in [0, 0.1) is 0 Å². The molecule has 1 amide bonds. The topological polar surface area (TPSA) is 54.9 Å². The van der Waals surface area contributed by atoms with E-state index >= 15 is 0 Å². The van der Waals surface area contributed by atoms with Gasteiger partial charge in [-0.2, -0.15) is 0 Å². The molecular formula is C20H23N3O3. The third-order valence-electron chi connectivity index (χ3n) is 5.16. The molecule has 0 radical (unpaired) electrons. The van der Waals surface area contributed by atoms with Gasteiger partial charge in [-0.1, -0.05) is 12.1 Å². The Bertz CT molecular complexity index is 751. The summed E-state index contributed by atoms with van der Waals surface area (Å²) in [5.41, 5.74) is 2.42. The van der Waals surface area contributed by atoms with E-state index in [0.717, 1.165) is 31.8 Å². The van der Waals surface area contributed by atoms with Crippen molar-refractivity contribution in [3.05, 3.63) is 59.9 Å². The van der Waals surface area contributed by atoms with Gasteiger partial charge in [-0.3, -0.25) is 14.8 Å². The summed E-state index contributed by atoms with van der Waals surface area (Å²) in [6.45, 7) is 3.17. The fourth-order valence-electron chi connectivity index (χ4n) is 3.75. The van der Waals surface area contributed by atoms with E-state index in [1.807, 2.05) is 53.7 Å². The van der Waals surface area contributed by atoms with Crippen molar-refractivity contribution in [2.45, 2.75) is 25.1 Å². The number of amides is 1. The number of benzene rings is 1. The van der Waals surface area contributed by atoms with Gasteiger partial charge in [0, 0.05) is 38.6 Å². The number of likely N-dealkylation sites (tertiary alicyclic amines) is 1. The Morgan fingerprint density at radius 1 is 1.12 bits per heavy atom. The molecule has 2 fully saturated rings. The van der Waals surface area contributed by atoms with E-state index in [0.29, 0.717) is 6.54 Å². The zero-order valence-electron chi connectivity index (χ0n) is 14.9. The molecule has 6 heteroatoms. The van der Waals surface area contributed by atoms with Crippen molar-refractivity contribution < 1.29 is 14.3 Å². The molecule has 6 nitrogen and oxygen atoms in total. The minimum atomic E-state index is -0.183. The SMILES string of the molecule is COc1ccc(CCN2C(=O)O[C@H]3CN(Cc4ccncc4)C[C@H]32)cc1. The Morgan fingerprint density at radius 2 is 1.88 bits per heavy atom. The van der Waals surface area contributed by atoms with Crippen LogP contribution in [0.15, 0.2) is 48.8 Å².